The molecule has 0 saturated heterocycles. The van der Waals surface area contributed by atoms with Crippen molar-refractivity contribution in [2.24, 2.45) is 0 Å². The highest BCUT2D eigenvalue weighted by Gasteiger charge is 2.12. The maximum absolute atomic E-state index is 12.4. The fourth-order valence-corrected chi connectivity index (χ4v) is 2.10. The first-order valence-corrected chi connectivity index (χ1v) is 6.84. The molecule has 0 aliphatic rings. The number of rotatable bonds is 4. The van der Waals surface area contributed by atoms with E-state index in [2.05, 4.69) is 10.6 Å². The second-order valence-corrected chi connectivity index (χ2v) is 4.78. The van der Waals surface area contributed by atoms with Crippen molar-refractivity contribution in [3.05, 3.63) is 59.2 Å². The van der Waals surface area contributed by atoms with Gasteiger partial charge in [-0.3, -0.25) is 4.79 Å². The van der Waals surface area contributed by atoms with Crippen LogP contribution in [-0.2, 0) is 0 Å². The Balaban J connectivity index is 2.26. The number of amides is 1. The Kier molecular flexibility index (Phi) is 4.41. The van der Waals surface area contributed by atoms with Crippen LogP contribution in [0.2, 0.25) is 0 Å². The molecule has 3 nitrogen and oxygen atoms in total. The minimum absolute atomic E-state index is 0.0877. The third kappa shape index (κ3) is 2.99. The summed E-state index contributed by atoms with van der Waals surface area (Å²) in [6, 6.07) is 13.5. The monoisotopic (exact) mass is 268 g/mol. The van der Waals surface area contributed by atoms with E-state index in [4.69, 9.17) is 0 Å². The summed E-state index contributed by atoms with van der Waals surface area (Å²) in [7, 11) is 0. The summed E-state index contributed by atoms with van der Waals surface area (Å²) < 4.78 is 0. The molecule has 2 rings (SSSR count). The average molecular weight is 268 g/mol. The van der Waals surface area contributed by atoms with E-state index >= 15 is 0 Å². The molecule has 0 radical (unpaired) electrons. The summed E-state index contributed by atoms with van der Waals surface area (Å²) in [5.41, 5.74) is 4.65. The number of para-hydroxylation sites is 1. The molecule has 0 spiro atoms. The van der Waals surface area contributed by atoms with Gasteiger partial charge in [0.2, 0.25) is 0 Å². The Morgan fingerprint density at radius 1 is 1.00 bits per heavy atom. The zero-order valence-corrected chi connectivity index (χ0v) is 12.2. The second-order valence-electron chi connectivity index (χ2n) is 4.78. The average Bonchev–Trinajstić information content (AvgIpc) is 2.45. The molecule has 0 aliphatic heterocycles. The van der Waals surface area contributed by atoms with Crippen LogP contribution in [0.25, 0.3) is 0 Å². The fraction of sp³-hybridized carbons (Fsp3) is 0.235. The quantitative estimate of drug-likeness (QED) is 0.880. The normalized spacial score (nSPS) is 10.2. The summed E-state index contributed by atoms with van der Waals surface area (Å²) in [5, 5.41) is 6.20. The van der Waals surface area contributed by atoms with Gasteiger partial charge in [0.1, 0.15) is 0 Å². The lowest BCUT2D eigenvalue weighted by Crippen LogP contribution is -2.15. The van der Waals surface area contributed by atoms with Crippen molar-refractivity contribution in [1.82, 2.24) is 0 Å². The van der Waals surface area contributed by atoms with Crippen LogP contribution in [0.15, 0.2) is 42.5 Å². The van der Waals surface area contributed by atoms with Crippen LogP contribution < -0.4 is 10.6 Å². The van der Waals surface area contributed by atoms with Crippen molar-refractivity contribution in [3.8, 4) is 0 Å². The molecule has 2 aromatic carbocycles. The number of hydrogen-bond donors (Lipinski definition) is 2. The van der Waals surface area contributed by atoms with Crippen LogP contribution in [0, 0.1) is 13.8 Å². The molecule has 2 N–H and O–H groups in total. The van der Waals surface area contributed by atoms with Gasteiger partial charge in [-0.2, -0.15) is 0 Å². The predicted octanol–water partition coefficient (Wildman–Crippen LogP) is 3.99. The lowest BCUT2D eigenvalue weighted by Gasteiger charge is -2.13. The van der Waals surface area contributed by atoms with Gasteiger partial charge in [0.15, 0.2) is 0 Å². The van der Waals surface area contributed by atoms with E-state index in [0.29, 0.717) is 5.56 Å². The molecule has 0 saturated carbocycles. The summed E-state index contributed by atoms with van der Waals surface area (Å²) in [6.07, 6.45) is 0. The van der Waals surface area contributed by atoms with Gasteiger partial charge in [-0.1, -0.05) is 24.3 Å². The van der Waals surface area contributed by atoms with Crippen molar-refractivity contribution in [2.45, 2.75) is 20.8 Å². The van der Waals surface area contributed by atoms with Gasteiger partial charge >= 0.3 is 0 Å². The molecule has 0 aromatic heterocycles. The van der Waals surface area contributed by atoms with Crippen molar-refractivity contribution in [3.63, 3.8) is 0 Å². The van der Waals surface area contributed by atoms with Crippen molar-refractivity contribution >= 4 is 17.3 Å². The maximum atomic E-state index is 12.4. The Morgan fingerprint density at radius 2 is 1.70 bits per heavy atom. The second kappa shape index (κ2) is 6.24. The molecule has 0 heterocycles. The Bertz CT molecular complexity index is 620. The highest BCUT2D eigenvalue weighted by molar-refractivity contribution is 6.08. The summed E-state index contributed by atoms with van der Waals surface area (Å²) in [4.78, 5) is 12.4. The van der Waals surface area contributed by atoms with Crippen LogP contribution in [-0.4, -0.2) is 12.5 Å². The van der Waals surface area contributed by atoms with Crippen LogP contribution in [0.1, 0.15) is 28.4 Å². The number of benzene rings is 2. The number of carbonyl (C=O) groups is 1. The summed E-state index contributed by atoms with van der Waals surface area (Å²) in [6.45, 7) is 6.85. The van der Waals surface area contributed by atoms with Crippen LogP contribution in [0.5, 0.6) is 0 Å². The number of nitrogens with one attached hydrogen (secondary N) is 2. The van der Waals surface area contributed by atoms with Crippen molar-refractivity contribution in [1.29, 1.82) is 0 Å². The number of carbonyl (C=O) groups excluding carboxylic acids is 1. The standard InChI is InChI=1S/C17H20N2O/c1-4-18-16-10-6-5-9-14(16)17(20)19-15-11-7-8-12(2)13(15)3/h5-11,18H,4H2,1-3H3,(H,19,20). The van der Waals surface area contributed by atoms with Crippen LogP contribution in [0.4, 0.5) is 11.4 Å². The lowest BCUT2D eigenvalue weighted by atomic mass is 10.1. The van der Waals surface area contributed by atoms with E-state index in [-0.39, 0.29) is 5.91 Å². The molecule has 1 amide bonds. The smallest absolute Gasteiger partial charge is 0.257 e. The molecule has 2 aromatic rings. The zero-order chi connectivity index (χ0) is 14.5. The van der Waals surface area contributed by atoms with Gasteiger partial charge in [-0.15, -0.1) is 0 Å². The Morgan fingerprint density at radius 3 is 2.45 bits per heavy atom. The first-order valence-electron chi connectivity index (χ1n) is 6.84. The minimum Gasteiger partial charge on any atom is -0.385 e. The number of hydrogen-bond acceptors (Lipinski definition) is 2. The largest absolute Gasteiger partial charge is 0.385 e. The number of aryl methyl sites for hydroxylation is 1. The molecule has 3 heteroatoms. The van der Waals surface area contributed by atoms with Gasteiger partial charge in [0.05, 0.1) is 5.56 Å². The van der Waals surface area contributed by atoms with E-state index in [1.807, 2.05) is 63.2 Å². The molecule has 0 unspecified atom stereocenters. The van der Waals surface area contributed by atoms with E-state index in [1.165, 1.54) is 5.56 Å². The minimum atomic E-state index is -0.0877. The first kappa shape index (κ1) is 14.1. The molecular weight excluding hydrogens is 248 g/mol. The van der Waals surface area contributed by atoms with Gasteiger partial charge in [-0.05, 0) is 50.1 Å². The summed E-state index contributed by atoms with van der Waals surface area (Å²) in [5.74, 6) is -0.0877. The van der Waals surface area contributed by atoms with Crippen molar-refractivity contribution < 1.29 is 4.79 Å². The molecule has 0 fully saturated rings. The van der Waals surface area contributed by atoms with Crippen LogP contribution >= 0.6 is 0 Å². The fourth-order valence-electron chi connectivity index (χ4n) is 2.10. The van der Waals surface area contributed by atoms with E-state index in [9.17, 15) is 4.79 Å². The Labute approximate surface area is 120 Å². The van der Waals surface area contributed by atoms with E-state index in [0.717, 1.165) is 23.5 Å². The Hall–Kier alpha value is -2.29. The predicted molar refractivity (Wildman–Crippen MR) is 84.5 cm³/mol. The molecule has 0 aliphatic carbocycles. The zero-order valence-electron chi connectivity index (χ0n) is 12.2. The molecule has 0 atom stereocenters. The number of anilines is 2. The van der Waals surface area contributed by atoms with Gasteiger partial charge in [-0.25, -0.2) is 0 Å². The molecule has 0 bridgehead atoms. The maximum Gasteiger partial charge on any atom is 0.257 e. The van der Waals surface area contributed by atoms with E-state index < -0.39 is 0 Å². The lowest BCUT2D eigenvalue weighted by molar-refractivity contribution is 0.102. The van der Waals surface area contributed by atoms with Crippen LogP contribution in [0.3, 0.4) is 0 Å². The third-order valence-electron chi connectivity index (χ3n) is 3.39. The highest BCUT2D eigenvalue weighted by atomic mass is 16.1. The van der Waals surface area contributed by atoms with Gasteiger partial charge in [0.25, 0.3) is 5.91 Å². The van der Waals surface area contributed by atoms with E-state index in [1.54, 1.807) is 0 Å². The molecular formula is C17H20N2O. The first-order chi connectivity index (χ1) is 9.63. The van der Waals surface area contributed by atoms with Crippen molar-refractivity contribution in [2.75, 3.05) is 17.2 Å². The molecule has 104 valence electrons. The molecule has 20 heavy (non-hydrogen) atoms. The topological polar surface area (TPSA) is 41.1 Å². The third-order valence-corrected chi connectivity index (χ3v) is 3.39. The SMILES string of the molecule is CCNc1ccccc1C(=O)Nc1cccc(C)c1C. The van der Waals surface area contributed by atoms with Gasteiger partial charge < -0.3 is 10.6 Å². The van der Waals surface area contributed by atoms with Gasteiger partial charge in [0, 0.05) is 17.9 Å². The highest BCUT2D eigenvalue weighted by Crippen LogP contribution is 2.21. The summed E-state index contributed by atoms with van der Waals surface area (Å²) >= 11 is 0.